The molecule has 0 aromatic carbocycles. The molecule has 0 aliphatic carbocycles. The van der Waals surface area contributed by atoms with Crippen LogP contribution in [0.3, 0.4) is 0 Å². The molecule has 2 nitrogen and oxygen atoms in total. The van der Waals surface area contributed by atoms with Crippen LogP contribution in [0, 0.1) is 5.82 Å². The highest BCUT2D eigenvalue weighted by Crippen LogP contribution is 2.15. The van der Waals surface area contributed by atoms with E-state index in [1.54, 1.807) is 18.3 Å². The highest BCUT2D eigenvalue weighted by atomic mass is 19.1. The molecule has 0 saturated heterocycles. The van der Waals surface area contributed by atoms with Crippen molar-refractivity contribution >= 4 is 6.08 Å². The topological polar surface area (TPSA) is 24.9 Å². The summed E-state index contributed by atoms with van der Waals surface area (Å²) in [5, 5.41) is 3.29. The monoisotopic (exact) mass is 298 g/mol. The van der Waals surface area contributed by atoms with Crippen LogP contribution in [-0.2, 0) is 0 Å². The molecule has 1 aromatic rings. The first-order chi connectivity index (χ1) is 10.5. The van der Waals surface area contributed by atoms with Crippen LogP contribution in [0.1, 0.15) is 26.3 Å². The van der Waals surface area contributed by atoms with Crippen molar-refractivity contribution in [3.05, 3.63) is 84.1 Å². The van der Waals surface area contributed by atoms with Crippen molar-refractivity contribution in [2.24, 2.45) is 0 Å². The van der Waals surface area contributed by atoms with Gasteiger partial charge in [-0.2, -0.15) is 0 Å². The average molecular weight is 298 g/mol. The molecule has 0 aliphatic heterocycles. The fourth-order valence-electron chi connectivity index (χ4n) is 1.96. The molecule has 1 atom stereocenters. The SMILES string of the molecule is C=C(C)NC(C(=C)C)C(/C=C\C)=C/C=C/c1ccncc1F. The Labute approximate surface area is 132 Å². The zero-order valence-corrected chi connectivity index (χ0v) is 13.4. The average Bonchev–Trinajstić information content (AvgIpc) is 2.45. The van der Waals surface area contributed by atoms with Gasteiger partial charge in [-0.25, -0.2) is 4.39 Å². The molecule has 0 fully saturated rings. The minimum absolute atomic E-state index is 0.0272. The van der Waals surface area contributed by atoms with Gasteiger partial charge in [0.25, 0.3) is 0 Å². The molecule has 3 heteroatoms. The minimum Gasteiger partial charge on any atom is -0.378 e. The van der Waals surface area contributed by atoms with Gasteiger partial charge in [0.15, 0.2) is 0 Å². The van der Waals surface area contributed by atoms with Gasteiger partial charge in [0, 0.05) is 17.5 Å². The zero-order chi connectivity index (χ0) is 16.5. The van der Waals surface area contributed by atoms with Crippen molar-refractivity contribution in [3.63, 3.8) is 0 Å². The number of nitrogens with one attached hydrogen (secondary N) is 1. The highest BCUT2D eigenvalue weighted by Gasteiger charge is 2.11. The Morgan fingerprint density at radius 3 is 2.64 bits per heavy atom. The van der Waals surface area contributed by atoms with Gasteiger partial charge in [-0.3, -0.25) is 4.98 Å². The Bertz CT molecular complexity index is 624. The largest absolute Gasteiger partial charge is 0.378 e. The number of hydrogen-bond donors (Lipinski definition) is 1. The van der Waals surface area contributed by atoms with Gasteiger partial charge in [0.1, 0.15) is 5.82 Å². The molecule has 1 aromatic heterocycles. The molecular formula is C19H23FN2. The molecule has 0 bridgehead atoms. The predicted molar refractivity (Wildman–Crippen MR) is 92.7 cm³/mol. The Kier molecular flexibility index (Phi) is 7.03. The van der Waals surface area contributed by atoms with Crippen LogP contribution in [-0.4, -0.2) is 11.0 Å². The summed E-state index contributed by atoms with van der Waals surface area (Å²) in [6.45, 7) is 13.7. The number of pyridine rings is 1. The van der Waals surface area contributed by atoms with E-state index in [-0.39, 0.29) is 11.9 Å². The summed E-state index contributed by atoms with van der Waals surface area (Å²) < 4.78 is 13.5. The van der Waals surface area contributed by atoms with Gasteiger partial charge in [0.05, 0.1) is 12.2 Å². The summed E-state index contributed by atoms with van der Waals surface area (Å²) in [4.78, 5) is 3.73. The first-order valence-electron chi connectivity index (χ1n) is 7.13. The normalized spacial score (nSPS) is 13.5. The summed E-state index contributed by atoms with van der Waals surface area (Å²) in [5.41, 5.74) is 3.39. The summed E-state index contributed by atoms with van der Waals surface area (Å²) in [6, 6.07) is 1.61. The van der Waals surface area contributed by atoms with E-state index in [9.17, 15) is 4.39 Å². The zero-order valence-electron chi connectivity index (χ0n) is 13.4. The van der Waals surface area contributed by atoms with Crippen molar-refractivity contribution in [3.8, 4) is 0 Å². The second-order valence-corrected chi connectivity index (χ2v) is 5.13. The number of hydrogen-bond acceptors (Lipinski definition) is 2. The smallest absolute Gasteiger partial charge is 0.148 e. The van der Waals surface area contributed by atoms with Crippen molar-refractivity contribution in [2.45, 2.75) is 26.8 Å². The summed E-state index contributed by atoms with van der Waals surface area (Å²) in [7, 11) is 0. The predicted octanol–water partition coefficient (Wildman–Crippen LogP) is 4.80. The van der Waals surface area contributed by atoms with Crippen LogP contribution in [0.2, 0.25) is 0 Å². The van der Waals surface area contributed by atoms with Gasteiger partial charge in [-0.1, -0.05) is 49.1 Å². The van der Waals surface area contributed by atoms with Crippen molar-refractivity contribution in [1.29, 1.82) is 0 Å². The van der Waals surface area contributed by atoms with Crippen molar-refractivity contribution < 1.29 is 4.39 Å². The maximum atomic E-state index is 13.5. The molecular weight excluding hydrogens is 275 g/mol. The number of rotatable bonds is 7. The van der Waals surface area contributed by atoms with E-state index in [1.807, 2.05) is 45.1 Å². The van der Waals surface area contributed by atoms with E-state index in [0.717, 1.165) is 16.8 Å². The van der Waals surface area contributed by atoms with E-state index in [4.69, 9.17) is 0 Å². The maximum Gasteiger partial charge on any atom is 0.148 e. The fourth-order valence-corrected chi connectivity index (χ4v) is 1.96. The molecule has 1 N–H and O–H groups in total. The van der Waals surface area contributed by atoms with Gasteiger partial charge >= 0.3 is 0 Å². The third-order valence-corrected chi connectivity index (χ3v) is 2.94. The van der Waals surface area contributed by atoms with E-state index >= 15 is 0 Å². The third kappa shape index (κ3) is 5.52. The maximum absolute atomic E-state index is 13.5. The van der Waals surface area contributed by atoms with Gasteiger partial charge in [0.2, 0.25) is 0 Å². The second-order valence-electron chi connectivity index (χ2n) is 5.13. The molecule has 0 spiro atoms. The van der Waals surface area contributed by atoms with Gasteiger partial charge < -0.3 is 5.32 Å². The molecule has 1 unspecified atom stereocenters. The molecule has 1 rings (SSSR count). The molecule has 0 radical (unpaired) electrons. The van der Waals surface area contributed by atoms with Crippen LogP contribution >= 0.6 is 0 Å². The van der Waals surface area contributed by atoms with Crippen LogP contribution in [0.25, 0.3) is 6.08 Å². The van der Waals surface area contributed by atoms with Crippen LogP contribution in [0.5, 0.6) is 0 Å². The number of aromatic nitrogens is 1. The highest BCUT2D eigenvalue weighted by molar-refractivity contribution is 5.52. The van der Waals surface area contributed by atoms with E-state index in [2.05, 4.69) is 23.5 Å². The first kappa shape index (κ1) is 17.6. The minimum atomic E-state index is -0.337. The number of allylic oxidation sites excluding steroid dienone is 4. The Balaban J connectivity index is 3.05. The fraction of sp³-hybridized carbons (Fsp3) is 0.211. The Morgan fingerprint density at radius 1 is 1.36 bits per heavy atom. The number of nitrogens with zero attached hydrogens (tertiary/aromatic N) is 1. The van der Waals surface area contributed by atoms with Crippen molar-refractivity contribution in [2.75, 3.05) is 0 Å². The lowest BCUT2D eigenvalue weighted by atomic mass is 9.99. The summed E-state index contributed by atoms with van der Waals surface area (Å²) in [6.07, 6.45) is 12.2. The molecule has 0 aliphatic rings. The third-order valence-electron chi connectivity index (χ3n) is 2.94. The Morgan fingerprint density at radius 2 is 2.09 bits per heavy atom. The molecule has 0 saturated carbocycles. The first-order valence-corrected chi connectivity index (χ1v) is 7.13. The van der Waals surface area contributed by atoms with Crippen molar-refractivity contribution in [1.82, 2.24) is 10.3 Å². The molecule has 22 heavy (non-hydrogen) atoms. The lowest BCUT2D eigenvalue weighted by molar-refractivity contribution is 0.618. The van der Waals surface area contributed by atoms with Gasteiger partial charge in [-0.05, 0) is 32.4 Å². The van der Waals surface area contributed by atoms with Crippen LogP contribution in [0.15, 0.2) is 72.8 Å². The number of halogens is 1. The van der Waals surface area contributed by atoms with Crippen LogP contribution in [0.4, 0.5) is 4.39 Å². The Hall–Kier alpha value is -2.42. The lowest BCUT2D eigenvalue weighted by Gasteiger charge is -2.21. The molecule has 116 valence electrons. The lowest BCUT2D eigenvalue weighted by Crippen LogP contribution is -2.29. The van der Waals surface area contributed by atoms with E-state index in [1.165, 1.54) is 6.20 Å². The van der Waals surface area contributed by atoms with E-state index in [0.29, 0.717) is 5.56 Å². The van der Waals surface area contributed by atoms with Crippen LogP contribution < -0.4 is 5.32 Å². The van der Waals surface area contributed by atoms with E-state index < -0.39 is 0 Å². The van der Waals surface area contributed by atoms with Gasteiger partial charge in [-0.15, -0.1) is 0 Å². The second kappa shape index (κ2) is 8.78. The summed E-state index contributed by atoms with van der Waals surface area (Å²) >= 11 is 0. The summed E-state index contributed by atoms with van der Waals surface area (Å²) in [5.74, 6) is -0.337. The standard InChI is InChI=1S/C19H23FN2/c1-6-8-17(19(14(2)3)22-15(4)5)10-7-9-16-11-12-21-13-18(16)20/h6-13,19,22H,2,4H2,1,3,5H3/b8-6-,9-7+,17-10+. The quantitative estimate of drug-likeness (QED) is 0.577. The molecule has 0 amide bonds. The molecule has 1 heterocycles.